The van der Waals surface area contributed by atoms with E-state index in [4.69, 9.17) is 0 Å². The highest BCUT2D eigenvalue weighted by Crippen LogP contribution is 2.19. The Hall–Kier alpha value is -1.97. The van der Waals surface area contributed by atoms with E-state index in [1.165, 1.54) is 9.21 Å². The van der Waals surface area contributed by atoms with Crippen LogP contribution in [0.25, 0.3) is 0 Å². The van der Waals surface area contributed by atoms with E-state index in [1.807, 2.05) is 26.8 Å². The Morgan fingerprint density at radius 3 is 2.43 bits per heavy atom. The molecule has 2 heterocycles. The molecule has 0 saturated carbocycles. The summed E-state index contributed by atoms with van der Waals surface area (Å²) in [7, 11) is -3.53. The summed E-state index contributed by atoms with van der Waals surface area (Å²) in [5.41, 5.74) is 2.01. The number of carbonyl (C=O) groups excluding carboxylic acids is 2. The molecule has 0 aromatic heterocycles. The van der Waals surface area contributed by atoms with E-state index in [1.54, 1.807) is 12.1 Å². The number of carbonyl (C=O) groups is 2. The van der Waals surface area contributed by atoms with Crippen LogP contribution in [0, 0.1) is 13.8 Å². The molecule has 2 N–H and O–H groups in total. The number of piperazine rings is 1. The van der Waals surface area contributed by atoms with Gasteiger partial charge in [0.2, 0.25) is 10.0 Å². The van der Waals surface area contributed by atoms with Crippen LogP contribution in [-0.2, 0) is 14.8 Å². The number of rotatable bonds is 6. The standard InChI is InChI=1S/C19H28N4O4S/c1-4-5-17-18(24)23(19(25)20-17)13-21-8-10-22(11-9-21)28(26,27)16-7-6-14(2)15(3)12-16/h6-7,12,17H,4-5,8-11,13H2,1-3H3,(H,20,25)/p+1/t17-/m1/s1. The average Bonchev–Trinajstić information content (AvgIpc) is 2.92. The molecule has 0 spiro atoms. The number of sulfonamides is 1. The minimum absolute atomic E-state index is 0.176. The monoisotopic (exact) mass is 409 g/mol. The number of nitrogens with zero attached hydrogens (tertiary/aromatic N) is 2. The normalized spacial score (nSPS) is 22.0. The molecule has 9 heteroatoms. The highest BCUT2D eigenvalue weighted by Gasteiger charge is 2.40. The Kier molecular flexibility index (Phi) is 6.07. The van der Waals surface area contributed by atoms with Crippen LogP contribution >= 0.6 is 0 Å². The van der Waals surface area contributed by atoms with Crippen LogP contribution in [0.15, 0.2) is 23.1 Å². The van der Waals surface area contributed by atoms with E-state index in [2.05, 4.69) is 5.32 Å². The number of benzene rings is 1. The predicted octanol–water partition coefficient (Wildman–Crippen LogP) is -0.129. The van der Waals surface area contributed by atoms with Crippen molar-refractivity contribution in [2.45, 2.75) is 44.6 Å². The van der Waals surface area contributed by atoms with Gasteiger partial charge in [-0.05, 0) is 43.5 Å². The molecule has 1 aromatic carbocycles. The van der Waals surface area contributed by atoms with Crippen LogP contribution in [0.1, 0.15) is 30.9 Å². The van der Waals surface area contributed by atoms with Crippen LogP contribution in [0.2, 0.25) is 0 Å². The summed E-state index contributed by atoms with van der Waals surface area (Å²) in [5.74, 6) is -0.176. The Labute approximate surface area is 166 Å². The lowest BCUT2D eigenvalue weighted by Crippen LogP contribution is -3.16. The third kappa shape index (κ3) is 4.06. The molecular formula is C19H29N4O4S+. The van der Waals surface area contributed by atoms with Crippen molar-refractivity contribution in [2.24, 2.45) is 0 Å². The molecule has 1 atom stereocenters. The molecule has 8 nitrogen and oxygen atoms in total. The van der Waals surface area contributed by atoms with Gasteiger partial charge in [-0.15, -0.1) is 0 Å². The summed E-state index contributed by atoms with van der Waals surface area (Å²) in [6.45, 7) is 7.96. The van der Waals surface area contributed by atoms with Gasteiger partial charge in [0, 0.05) is 0 Å². The number of aryl methyl sites for hydroxylation is 2. The lowest BCUT2D eigenvalue weighted by atomic mass is 10.1. The molecule has 154 valence electrons. The van der Waals surface area contributed by atoms with E-state index < -0.39 is 16.1 Å². The first kappa shape index (κ1) is 20.8. The first-order valence-corrected chi connectivity index (χ1v) is 11.2. The minimum atomic E-state index is -3.53. The Morgan fingerprint density at radius 2 is 1.82 bits per heavy atom. The maximum atomic E-state index is 12.9. The second-order valence-corrected chi connectivity index (χ2v) is 9.55. The molecule has 28 heavy (non-hydrogen) atoms. The fraction of sp³-hybridized carbons (Fsp3) is 0.579. The first-order valence-electron chi connectivity index (χ1n) is 9.77. The van der Waals surface area contributed by atoms with Crippen LogP contribution in [0.5, 0.6) is 0 Å². The number of urea groups is 1. The molecule has 0 bridgehead atoms. The van der Waals surface area contributed by atoms with Gasteiger partial charge in [0.25, 0.3) is 5.91 Å². The zero-order valence-electron chi connectivity index (χ0n) is 16.7. The third-order valence-corrected chi connectivity index (χ3v) is 7.51. The smallest absolute Gasteiger partial charge is 0.326 e. The maximum Gasteiger partial charge on any atom is 0.329 e. The van der Waals surface area contributed by atoms with Gasteiger partial charge in [-0.3, -0.25) is 4.79 Å². The predicted molar refractivity (Wildman–Crippen MR) is 104 cm³/mol. The molecule has 0 unspecified atom stereocenters. The van der Waals surface area contributed by atoms with Crippen molar-refractivity contribution in [2.75, 3.05) is 32.8 Å². The van der Waals surface area contributed by atoms with Gasteiger partial charge in [0.05, 0.1) is 31.1 Å². The van der Waals surface area contributed by atoms with Crippen molar-refractivity contribution in [3.05, 3.63) is 29.3 Å². The fourth-order valence-electron chi connectivity index (χ4n) is 3.66. The Morgan fingerprint density at radius 1 is 1.14 bits per heavy atom. The van der Waals surface area contributed by atoms with Gasteiger partial charge in [0.15, 0.2) is 6.67 Å². The van der Waals surface area contributed by atoms with Gasteiger partial charge >= 0.3 is 6.03 Å². The summed E-state index contributed by atoms with van der Waals surface area (Å²) in [5, 5.41) is 2.73. The summed E-state index contributed by atoms with van der Waals surface area (Å²) >= 11 is 0. The van der Waals surface area contributed by atoms with Crippen molar-refractivity contribution in [1.29, 1.82) is 0 Å². The van der Waals surface area contributed by atoms with Crippen LogP contribution in [-0.4, -0.2) is 68.5 Å². The molecule has 2 saturated heterocycles. The van der Waals surface area contributed by atoms with Crippen molar-refractivity contribution in [3.8, 4) is 0 Å². The average molecular weight is 410 g/mol. The molecule has 3 amide bonds. The topological polar surface area (TPSA) is 91.2 Å². The van der Waals surface area contributed by atoms with Crippen molar-refractivity contribution < 1.29 is 22.9 Å². The molecule has 1 aromatic rings. The minimum Gasteiger partial charge on any atom is -0.326 e. The zero-order chi connectivity index (χ0) is 20.5. The van der Waals surface area contributed by atoms with E-state index in [0.717, 1.165) is 22.4 Å². The molecule has 0 aliphatic carbocycles. The SMILES string of the molecule is CCC[C@H]1NC(=O)N(C[NH+]2CCN(S(=O)(=O)c3ccc(C)c(C)c3)CC2)C1=O. The van der Waals surface area contributed by atoms with Crippen molar-refractivity contribution >= 4 is 22.0 Å². The lowest BCUT2D eigenvalue weighted by molar-refractivity contribution is -0.910. The van der Waals surface area contributed by atoms with E-state index in [0.29, 0.717) is 37.5 Å². The summed E-state index contributed by atoms with van der Waals surface area (Å²) in [6.07, 6.45) is 1.46. The second kappa shape index (κ2) is 8.18. The van der Waals surface area contributed by atoms with Crippen LogP contribution < -0.4 is 10.2 Å². The molecule has 2 fully saturated rings. The van der Waals surface area contributed by atoms with Crippen LogP contribution in [0.3, 0.4) is 0 Å². The van der Waals surface area contributed by atoms with Gasteiger partial charge in [-0.2, -0.15) is 4.31 Å². The van der Waals surface area contributed by atoms with E-state index in [9.17, 15) is 18.0 Å². The summed E-state index contributed by atoms with van der Waals surface area (Å²) in [4.78, 5) is 27.1. The van der Waals surface area contributed by atoms with E-state index in [-0.39, 0.29) is 18.6 Å². The van der Waals surface area contributed by atoms with Gasteiger partial charge < -0.3 is 10.2 Å². The highest BCUT2D eigenvalue weighted by molar-refractivity contribution is 7.89. The summed E-state index contributed by atoms with van der Waals surface area (Å²) < 4.78 is 27.3. The third-order valence-electron chi connectivity index (χ3n) is 5.61. The molecule has 3 rings (SSSR count). The summed E-state index contributed by atoms with van der Waals surface area (Å²) in [6, 6.07) is 4.42. The lowest BCUT2D eigenvalue weighted by Gasteiger charge is -2.32. The van der Waals surface area contributed by atoms with Gasteiger partial charge in [0.1, 0.15) is 6.04 Å². The fourth-order valence-corrected chi connectivity index (χ4v) is 5.19. The Bertz CT molecular complexity index is 863. The zero-order valence-corrected chi connectivity index (χ0v) is 17.5. The molecule has 0 radical (unpaired) electrons. The molecule has 2 aliphatic rings. The quantitative estimate of drug-likeness (QED) is 0.641. The van der Waals surface area contributed by atoms with Crippen molar-refractivity contribution in [3.63, 3.8) is 0 Å². The number of quaternary nitrogens is 1. The van der Waals surface area contributed by atoms with E-state index >= 15 is 0 Å². The maximum absolute atomic E-state index is 12.9. The van der Waals surface area contributed by atoms with Crippen molar-refractivity contribution in [1.82, 2.24) is 14.5 Å². The number of nitrogens with one attached hydrogen (secondary N) is 2. The van der Waals surface area contributed by atoms with Gasteiger partial charge in [-0.1, -0.05) is 19.4 Å². The molecular weight excluding hydrogens is 380 g/mol. The first-order chi connectivity index (χ1) is 13.2. The number of hydrogen-bond donors (Lipinski definition) is 2. The van der Waals surface area contributed by atoms with Gasteiger partial charge in [-0.25, -0.2) is 18.1 Å². The Balaban J connectivity index is 1.60. The number of imide groups is 1. The molecule has 2 aliphatic heterocycles. The number of amides is 3. The highest BCUT2D eigenvalue weighted by atomic mass is 32.2. The van der Waals surface area contributed by atoms with Crippen LogP contribution in [0.4, 0.5) is 4.79 Å². The second-order valence-electron chi connectivity index (χ2n) is 7.62. The largest absolute Gasteiger partial charge is 0.329 e. The number of hydrogen-bond acceptors (Lipinski definition) is 4.